The van der Waals surface area contributed by atoms with Crippen LogP contribution >= 0.6 is 45.8 Å². The number of methoxy groups -OCH3 is 1. The van der Waals surface area contributed by atoms with E-state index >= 15 is 0 Å². The Labute approximate surface area is 262 Å². The lowest BCUT2D eigenvalue weighted by Gasteiger charge is -2.40. The molecule has 2 amide bonds. The molecule has 0 saturated carbocycles. The second-order valence-electron chi connectivity index (χ2n) is 9.31. The van der Waals surface area contributed by atoms with Gasteiger partial charge in [0.15, 0.2) is 11.5 Å². The third-order valence-electron chi connectivity index (χ3n) is 6.46. The van der Waals surface area contributed by atoms with Crippen LogP contribution in [-0.4, -0.2) is 70.5 Å². The van der Waals surface area contributed by atoms with Crippen LogP contribution in [0.15, 0.2) is 54.1 Å². The number of carbonyl (C=O) groups excluding carboxylic acids is 2. The Bertz CT molecular complexity index is 1300. The lowest BCUT2D eigenvalue weighted by atomic mass is 9.87. The third-order valence-corrected chi connectivity index (χ3v) is 8.00. The first-order valence-electron chi connectivity index (χ1n) is 13.0. The smallest absolute Gasteiger partial charge is 0.247 e. The van der Waals surface area contributed by atoms with Gasteiger partial charge in [0, 0.05) is 25.1 Å². The highest BCUT2D eigenvalue weighted by atomic mass is 127. The molecule has 3 rings (SSSR count). The van der Waals surface area contributed by atoms with E-state index in [-0.39, 0.29) is 44.2 Å². The highest BCUT2D eigenvalue weighted by Gasteiger charge is 2.40. The summed E-state index contributed by atoms with van der Waals surface area (Å²) in [5.41, 5.74) is 1.58. The standard InChI is InChI=1S/C29H33Cl2IN2O7/c1-3-4-5-26(37)34(15-17-6-7-20(30)21(31)10-17)23-13-19(29(39)33-8-9-35)14-24(27(23)38)41-28-22(32)11-18(16-36)12-25(28)40-2/h4-7,10-12,14,23-24,27,35-36,38H,3,8-9,13,15-16H2,1-2H3,(H,33,39). The molecule has 0 bridgehead atoms. The van der Waals surface area contributed by atoms with E-state index in [4.69, 9.17) is 32.7 Å². The number of amides is 2. The topological polar surface area (TPSA) is 129 Å². The summed E-state index contributed by atoms with van der Waals surface area (Å²) >= 11 is 14.4. The number of nitrogens with zero attached hydrogens (tertiary/aromatic N) is 1. The van der Waals surface area contributed by atoms with Crippen LogP contribution in [0, 0.1) is 3.57 Å². The molecule has 9 nitrogen and oxygen atoms in total. The zero-order valence-corrected chi connectivity index (χ0v) is 26.3. The summed E-state index contributed by atoms with van der Waals surface area (Å²) in [5.74, 6) is -0.163. The molecule has 0 fully saturated rings. The van der Waals surface area contributed by atoms with Gasteiger partial charge in [-0.3, -0.25) is 9.59 Å². The average Bonchev–Trinajstić information content (AvgIpc) is 2.96. The van der Waals surface area contributed by atoms with E-state index in [0.717, 1.165) is 0 Å². The second-order valence-corrected chi connectivity index (χ2v) is 11.3. The number of ether oxygens (including phenoxy) is 2. The van der Waals surface area contributed by atoms with E-state index in [0.29, 0.717) is 42.7 Å². The predicted molar refractivity (Wildman–Crippen MR) is 165 cm³/mol. The lowest BCUT2D eigenvalue weighted by molar-refractivity contribution is -0.134. The van der Waals surface area contributed by atoms with Gasteiger partial charge in [-0.1, -0.05) is 42.3 Å². The van der Waals surface area contributed by atoms with Gasteiger partial charge in [-0.2, -0.15) is 0 Å². The first-order valence-corrected chi connectivity index (χ1v) is 14.8. The maximum absolute atomic E-state index is 13.5. The van der Waals surface area contributed by atoms with Gasteiger partial charge in [-0.25, -0.2) is 0 Å². The Hall–Kier alpha value is -2.35. The predicted octanol–water partition coefficient (Wildman–Crippen LogP) is 4.01. The van der Waals surface area contributed by atoms with Crippen LogP contribution in [0.1, 0.15) is 30.9 Å². The second kappa shape index (κ2) is 15.8. The minimum atomic E-state index is -1.25. The van der Waals surface area contributed by atoms with Crippen molar-refractivity contribution < 1.29 is 34.4 Å². The molecule has 0 aliphatic heterocycles. The van der Waals surface area contributed by atoms with E-state index < -0.39 is 24.2 Å². The lowest BCUT2D eigenvalue weighted by Crippen LogP contribution is -2.54. The molecule has 4 N–H and O–H groups in total. The fraction of sp³-hybridized carbons (Fsp3) is 0.379. The van der Waals surface area contributed by atoms with Crippen molar-refractivity contribution in [2.24, 2.45) is 0 Å². The van der Waals surface area contributed by atoms with Crippen molar-refractivity contribution in [3.05, 3.63) is 78.9 Å². The molecular weight excluding hydrogens is 686 g/mol. The molecule has 0 spiro atoms. The van der Waals surface area contributed by atoms with E-state index in [1.165, 1.54) is 24.2 Å². The summed E-state index contributed by atoms with van der Waals surface area (Å²) in [7, 11) is 1.46. The summed E-state index contributed by atoms with van der Waals surface area (Å²) in [6, 6.07) is 7.49. The maximum atomic E-state index is 13.5. The van der Waals surface area contributed by atoms with Crippen molar-refractivity contribution in [1.29, 1.82) is 0 Å². The molecule has 2 aromatic carbocycles. The molecule has 0 saturated heterocycles. The third kappa shape index (κ3) is 8.59. The Kier molecular flexibility index (Phi) is 12.7. The van der Waals surface area contributed by atoms with Crippen LogP contribution in [-0.2, 0) is 22.7 Å². The van der Waals surface area contributed by atoms with Crippen LogP contribution in [0.25, 0.3) is 0 Å². The fourth-order valence-electron chi connectivity index (χ4n) is 4.40. The van der Waals surface area contributed by atoms with Crippen LogP contribution in [0.5, 0.6) is 11.5 Å². The number of aliphatic hydroxyl groups is 3. The molecule has 12 heteroatoms. The van der Waals surface area contributed by atoms with Crippen molar-refractivity contribution in [2.75, 3.05) is 20.3 Å². The number of hydrogen-bond donors (Lipinski definition) is 4. The number of nitrogens with one attached hydrogen (secondary N) is 1. The zero-order chi connectivity index (χ0) is 30.1. The Morgan fingerprint density at radius 1 is 1.17 bits per heavy atom. The molecular formula is C29H33Cl2IN2O7. The molecule has 3 atom stereocenters. The molecule has 0 aromatic heterocycles. The van der Waals surface area contributed by atoms with E-state index in [1.807, 2.05) is 29.5 Å². The summed E-state index contributed by atoms with van der Waals surface area (Å²) in [5, 5.41) is 33.8. The van der Waals surface area contributed by atoms with Crippen LogP contribution in [0.4, 0.5) is 0 Å². The minimum absolute atomic E-state index is 0.0307. The quantitative estimate of drug-likeness (QED) is 0.193. The first-order chi connectivity index (χ1) is 19.6. The SMILES string of the molecule is CCC=CC(=O)N(Cc1ccc(Cl)c(Cl)c1)C1CC(C(=O)NCCO)=CC(Oc2c(I)cc(CO)cc2OC)C1O. The molecule has 0 radical (unpaired) electrons. The summed E-state index contributed by atoms with van der Waals surface area (Å²) in [4.78, 5) is 28.0. The first kappa shape index (κ1) is 33.2. The number of rotatable bonds is 12. The van der Waals surface area contributed by atoms with Gasteiger partial charge in [-0.15, -0.1) is 0 Å². The van der Waals surface area contributed by atoms with Crippen molar-refractivity contribution in [2.45, 2.75) is 51.2 Å². The average molecular weight is 719 g/mol. The number of halogens is 3. The fourth-order valence-corrected chi connectivity index (χ4v) is 5.52. The molecule has 0 heterocycles. The van der Waals surface area contributed by atoms with Gasteiger partial charge in [0.05, 0.1) is 40.0 Å². The van der Waals surface area contributed by atoms with E-state index in [2.05, 4.69) is 5.32 Å². The largest absolute Gasteiger partial charge is 0.493 e. The number of allylic oxidation sites excluding steroid dienone is 1. The molecule has 1 aliphatic carbocycles. The number of aliphatic hydroxyl groups excluding tert-OH is 3. The van der Waals surface area contributed by atoms with Gasteiger partial charge in [0.25, 0.3) is 0 Å². The Morgan fingerprint density at radius 2 is 1.93 bits per heavy atom. The van der Waals surface area contributed by atoms with E-state index in [9.17, 15) is 24.9 Å². The molecule has 3 unspecified atom stereocenters. The van der Waals surface area contributed by atoms with Gasteiger partial charge in [0.1, 0.15) is 12.2 Å². The minimum Gasteiger partial charge on any atom is -0.493 e. The van der Waals surface area contributed by atoms with Gasteiger partial charge in [-0.05, 0) is 76.6 Å². The van der Waals surface area contributed by atoms with Gasteiger partial charge >= 0.3 is 0 Å². The number of hydrogen-bond acceptors (Lipinski definition) is 7. The van der Waals surface area contributed by atoms with Gasteiger partial charge in [0.2, 0.25) is 11.8 Å². The maximum Gasteiger partial charge on any atom is 0.247 e. The zero-order valence-electron chi connectivity index (χ0n) is 22.6. The molecule has 41 heavy (non-hydrogen) atoms. The van der Waals surface area contributed by atoms with Crippen molar-refractivity contribution in [3.8, 4) is 11.5 Å². The Morgan fingerprint density at radius 3 is 2.56 bits per heavy atom. The summed E-state index contributed by atoms with van der Waals surface area (Å²) in [6.07, 6.45) is 3.03. The highest BCUT2D eigenvalue weighted by molar-refractivity contribution is 14.1. The number of carbonyl (C=O) groups is 2. The molecule has 1 aliphatic rings. The molecule has 222 valence electrons. The van der Waals surface area contributed by atoms with Crippen LogP contribution in [0.3, 0.4) is 0 Å². The van der Waals surface area contributed by atoms with Gasteiger partial charge < -0.3 is 35.0 Å². The Balaban J connectivity index is 2.06. The summed E-state index contributed by atoms with van der Waals surface area (Å²) in [6.45, 7) is 1.56. The molecule has 2 aromatic rings. The van der Waals surface area contributed by atoms with Crippen molar-refractivity contribution in [1.82, 2.24) is 10.2 Å². The van der Waals surface area contributed by atoms with E-state index in [1.54, 1.807) is 36.4 Å². The van der Waals surface area contributed by atoms with Crippen molar-refractivity contribution >= 4 is 57.6 Å². The van der Waals surface area contributed by atoms with Crippen LogP contribution in [0.2, 0.25) is 10.0 Å². The summed E-state index contributed by atoms with van der Waals surface area (Å²) < 4.78 is 12.4. The monoisotopic (exact) mass is 718 g/mol. The van der Waals surface area contributed by atoms with Crippen molar-refractivity contribution in [3.63, 3.8) is 0 Å². The normalized spacial score (nSPS) is 18.6. The highest BCUT2D eigenvalue weighted by Crippen LogP contribution is 2.37. The number of benzene rings is 2. The van der Waals surface area contributed by atoms with Crippen LogP contribution < -0.4 is 14.8 Å².